The average Bonchev–Trinajstić information content (AvgIpc) is 2.45. The summed E-state index contributed by atoms with van der Waals surface area (Å²) in [5.74, 6) is 0.0118. The second kappa shape index (κ2) is 7.19. The van der Waals surface area contributed by atoms with E-state index < -0.39 is 10.0 Å². The lowest BCUT2D eigenvalue weighted by Crippen LogP contribution is -2.38. The molecule has 1 fully saturated rings. The molecule has 1 aliphatic carbocycles. The number of ketones is 1. The molecule has 0 spiro atoms. The number of rotatable bonds is 6. The van der Waals surface area contributed by atoms with Crippen molar-refractivity contribution in [1.82, 2.24) is 4.72 Å². The molecule has 0 amide bonds. The predicted molar refractivity (Wildman–Crippen MR) is 80.6 cm³/mol. The van der Waals surface area contributed by atoms with E-state index in [-0.39, 0.29) is 30.2 Å². The third-order valence-electron chi connectivity index (χ3n) is 3.76. The zero-order chi connectivity index (χ0) is 16.2. The molecule has 1 aliphatic rings. The number of hydrogen-bond donors (Lipinski definition) is 1. The summed E-state index contributed by atoms with van der Waals surface area (Å²) in [7, 11) is -3.20. The molecule has 1 aromatic carbocycles. The van der Waals surface area contributed by atoms with E-state index >= 15 is 0 Å². The van der Waals surface area contributed by atoms with Gasteiger partial charge in [-0.15, -0.1) is 0 Å². The standard InChI is InChI=1S/C15H20FNO4S/c1-22(19,20)17-13-6-2-11(3-7-13)15(18)10-21-14-8-4-12(16)5-9-14/h4-5,8-9,11,13,17H,2-3,6-7,10H2,1H3. The molecule has 0 unspecified atom stereocenters. The van der Waals surface area contributed by atoms with Crippen molar-refractivity contribution in [2.45, 2.75) is 31.7 Å². The van der Waals surface area contributed by atoms with Gasteiger partial charge < -0.3 is 4.74 Å². The molecule has 5 nitrogen and oxygen atoms in total. The minimum atomic E-state index is -3.20. The molecule has 0 bridgehead atoms. The Hall–Kier alpha value is -1.47. The van der Waals surface area contributed by atoms with Gasteiger partial charge in [-0.1, -0.05) is 0 Å². The molecule has 1 N–H and O–H groups in total. The fourth-order valence-electron chi connectivity index (χ4n) is 2.64. The molecule has 1 aromatic rings. The molecule has 22 heavy (non-hydrogen) atoms. The van der Waals surface area contributed by atoms with E-state index in [1.54, 1.807) is 0 Å². The summed E-state index contributed by atoms with van der Waals surface area (Å²) in [6, 6.07) is 5.44. The van der Waals surface area contributed by atoms with Gasteiger partial charge in [0.25, 0.3) is 0 Å². The van der Waals surface area contributed by atoms with E-state index in [1.807, 2.05) is 0 Å². The smallest absolute Gasteiger partial charge is 0.208 e. The number of hydrogen-bond acceptors (Lipinski definition) is 4. The van der Waals surface area contributed by atoms with Gasteiger partial charge in [0, 0.05) is 12.0 Å². The molecule has 122 valence electrons. The summed E-state index contributed by atoms with van der Waals surface area (Å²) >= 11 is 0. The predicted octanol–water partition coefficient (Wildman–Crippen LogP) is 1.88. The summed E-state index contributed by atoms with van der Waals surface area (Å²) < 4.78 is 43.0. The van der Waals surface area contributed by atoms with Crippen LogP contribution in [0.25, 0.3) is 0 Å². The van der Waals surface area contributed by atoms with Crippen molar-refractivity contribution < 1.29 is 22.3 Å². The molecule has 2 rings (SSSR count). The largest absolute Gasteiger partial charge is 0.486 e. The molecule has 0 atom stereocenters. The summed E-state index contributed by atoms with van der Waals surface area (Å²) in [4.78, 5) is 12.1. The van der Waals surface area contributed by atoms with Crippen LogP contribution in [0.5, 0.6) is 5.75 Å². The average molecular weight is 329 g/mol. The van der Waals surface area contributed by atoms with Gasteiger partial charge in [0.15, 0.2) is 5.78 Å². The van der Waals surface area contributed by atoms with Crippen molar-refractivity contribution in [3.05, 3.63) is 30.1 Å². The maximum absolute atomic E-state index is 12.8. The number of ether oxygens (including phenoxy) is 1. The van der Waals surface area contributed by atoms with Crippen LogP contribution in [0.3, 0.4) is 0 Å². The molecular weight excluding hydrogens is 309 g/mol. The number of carbonyl (C=O) groups is 1. The zero-order valence-electron chi connectivity index (χ0n) is 12.4. The van der Waals surface area contributed by atoms with Crippen LogP contribution in [0.1, 0.15) is 25.7 Å². The van der Waals surface area contributed by atoms with Crippen molar-refractivity contribution in [2.24, 2.45) is 5.92 Å². The summed E-state index contributed by atoms with van der Waals surface area (Å²) in [6.45, 7) is -0.0412. The second-order valence-corrected chi connectivity index (χ2v) is 7.43. The fourth-order valence-corrected chi connectivity index (χ4v) is 3.48. The topological polar surface area (TPSA) is 72.5 Å². The molecule has 0 saturated heterocycles. The van der Waals surface area contributed by atoms with Crippen molar-refractivity contribution in [3.63, 3.8) is 0 Å². The highest BCUT2D eigenvalue weighted by molar-refractivity contribution is 7.88. The Morgan fingerprint density at radius 2 is 1.82 bits per heavy atom. The summed E-state index contributed by atoms with van der Waals surface area (Å²) in [6.07, 6.45) is 3.75. The van der Waals surface area contributed by atoms with E-state index in [2.05, 4.69) is 4.72 Å². The number of benzene rings is 1. The first kappa shape index (κ1) is 16.9. The Labute approximate surface area is 129 Å². The lowest BCUT2D eigenvalue weighted by Gasteiger charge is -2.27. The Bertz CT molecular complexity index is 607. The summed E-state index contributed by atoms with van der Waals surface area (Å²) in [5.41, 5.74) is 0. The van der Waals surface area contributed by atoms with Gasteiger partial charge in [-0.05, 0) is 49.9 Å². The summed E-state index contributed by atoms with van der Waals surface area (Å²) in [5, 5.41) is 0. The van der Waals surface area contributed by atoms with Crippen molar-refractivity contribution in [2.75, 3.05) is 12.9 Å². The van der Waals surface area contributed by atoms with Crippen LogP contribution in [0.2, 0.25) is 0 Å². The number of sulfonamides is 1. The highest BCUT2D eigenvalue weighted by atomic mass is 32.2. The fraction of sp³-hybridized carbons (Fsp3) is 0.533. The normalized spacial score (nSPS) is 22.3. The Morgan fingerprint density at radius 3 is 2.36 bits per heavy atom. The van der Waals surface area contributed by atoms with Crippen LogP contribution >= 0.6 is 0 Å². The number of carbonyl (C=O) groups excluding carboxylic acids is 1. The second-order valence-electron chi connectivity index (χ2n) is 5.65. The molecule has 0 aliphatic heterocycles. The van der Waals surface area contributed by atoms with Gasteiger partial charge in [0.1, 0.15) is 18.2 Å². The van der Waals surface area contributed by atoms with Crippen molar-refractivity contribution in [3.8, 4) is 5.75 Å². The van der Waals surface area contributed by atoms with Crippen LogP contribution in [-0.4, -0.2) is 33.1 Å². The first-order valence-corrected chi connectivity index (χ1v) is 9.11. The van der Waals surface area contributed by atoms with E-state index in [4.69, 9.17) is 4.74 Å². The highest BCUT2D eigenvalue weighted by Crippen LogP contribution is 2.25. The maximum Gasteiger partial charge on any atom is 0.208 e. The number of nitrogens with one attached hydrogen (secondary N) is 1. The Kier molecular flexibility index (Phi) is 5.52. The van der Waals surface area contributed by atoms with Gasteiger partial charge >= 0.3 is 0 Å². The third kappa shape index (κ3) is 5.38. The first-order chi connectivity index (χ1) is 10.3. The first-order valence-electron chi connectivity index (χ1n) is 7.22. The minimum absolute atomic E-state index is 0.00197. The lowest BCUT2D eigenvalue weighted by atomic mass is 9.84. The van der Waals surface area contributed by atoms with E-state index in [9.17, 15) is 17.6 Å². The maximum atomic E-state index is 12.8. The van der Waals surface area contributed by atoms with Gasteiger partial charge in [0.2, 0.25) is 10.0 Å². The van der Waals surface area contributed by atoms with Crippen LogP contribution < -0.4 is 9.46 Å². The molecule has 7 heteroatoms. The van der Waals surface area contributed by atoms with Crippen LogP contribution in [0.15, 0.2) is 24.3 Å². The van der Waals surface area contributed by atoms with Gasteiger partial charge in [-0.25, -0.2) is 17.5 Å². The monoisotopic (exact) mass is 329 g/mol. The van der Waals surface area contributed by atoms with E-state index in [1.165, 1.54) is 24.3 Å². The molecule has 0 radical (unpaired) electrons. The SMILES string of the molecule is CS(=O)(=O)NC1CCC(C(=O)COc2ccc(F)cc2)CC1. The van der Waals surface area contributed by atoms with Crippen molar-refractivity contribution >= 4 is 15.8 Å². The number of halogens is 1. The van der Waals surface area contributed by atoms with Crippen LogP contribution in [0, 0.1) is 11.7 Å². The highest BCUT2D eigenvalue weighted by Gasteiger charge is 2.27. The number of Topliss-reactive ketones (excluding diaryl/α,β-unsaturated/α-hetero) is 1. The van der Waals surface area contributed by atoms with Crippen LogP contribution in [-0.2, 0) is 14.8 Å². The quantitative estimate of drug-likeness (QED) is 0.865. The van der Waals surface area contributed by atoms with E-state index in [0.29, 0.717) is 31.4 Å². The van der Waals surface area contributed by atoms with Gasteiger partial charge in [0.05, 0.1) is 6.26 Å². The van der Waals surface area contributed by atoms with Gasteiger partial charge in [-0.3, -0.25) is 4.79 Å². The molecular formula is C15H20FNO4S. The van der Waals surface area contributed by atoms with E-state index in [0.717, 1.165) is 6.26 Å². The Morgan fingerprint density at radius 1 is 1.23 bits per heavy atom. The zero-order valence-corrected chi connectivity index (χ0v) is 13.2. The lowest BCUT2D eigenvalue weighted by molar-refractivity contribution is -0.125. The Balaban J connectivity index is 1.76. The third-order valence-corrected chi connectivity index (χ3v) is 4.52. The van der Waals surface area contributed by atoms with Crippen molar-refractivity contribution in [1.29, 1.82) is 0 Å². The molecule has 1 saturated carbocycles. The van der Waals surface area contributed by atoms with Crippen LogP contribution in [0.4, 0.5) is 4.39 Å². The van der Waals surface area contributed by atoms with Gasteiger partial charge in [-0.2, -0.15) is 0 Å². The molecule has 0 heterocycles. The minimum Gasteiger partial charge on any atom is -0.486 e. The molecule has 0 aromatic heterocycles.